The van der Waals surface area contributed by atoms with E-state index in [0.29, 0.717) is 119 Å². The van der Waals surface area contributed by atoms with Crippen LogP contribution in [0.5, 0.6) is 0 Å². The summed E-state index contributed by atoms with van der Waals surface area (Å²) in [7, 11) is -15.1. The van der Waals surface area contributed by atoms with Crippen LogP contribution in [0.3, 0.4) is 0 Å². The van der Waals surface area contributed by atoms with Crippen LogP contribution < -0.4 is 0 Å². The number of fused-ring (bicyclic) bond motifs is 60. The van der Waals surface area contributed by atoms with Gasteiger partial charge in [0, 0.05) is 131 Å². The van der Waals surface area contributed by atoms with E-state index >= 15 is 0 Å². The Kier molecular flexibility index (Phi) is 19.1. The molecule has 9 aromatic heterocycles. The molecule has 21 aromatic rings. The first-order chi connectivity index (χ1) is 65.5. The number of hydrogen-bond acceptors (Lipinski definition) is 27. The Hall–Kier alpha value is -16.1. The maximum Gasteiger partial charge on any atom is 3.00 e. The van der Waals surface area contributed by atoms with Gasteiger partial charge in [0.05, 0.1) is 29.8 Å². The molecule has 0 saturated heterocycles. The summed E-state index contributed by atoms with van der Waals surface area (Å²) in [4.78, 5) is 105. The standard InChI is InChI=1S/3C32H17ClN8O3S.Al/c3*33-22-14-13-21-23(24(22)45(42,43)44)32-40-30-20-12-6-5-11-19(20)28(38-30)36-26-16-8-2-1-7-15(16)25(34-26)35-27-17-9-3-4-10-18(17)29(37-27)39-31(21)41-32;/h3*1-14H,(H,42,43,44)(H2,34,35,36,37,38,39,40,41);/q;;;+3/p-3. The second-order valence-electron chi connectivity index (χ2n) is 31.5. The molecule has 15 heterocycles. The van der Waals surface area contributed by atoms with E-state index in [0.717, 1.165) is 82.4 Å². The van der Waals surface area contributed by atoms with E-state index in [4.69, 9.17) is 125 Å². The predicted octanol–water partition coefficient (Wildman–Crippen LogP) is 18.9. The van der Waals surface area contributed by atoms with Crippen molar-refractivity contribution in [1.82, 2.24) is 120 Å². The van der Waals surface area contributed by atoms with Crippen molar-refractivity contribution < 1.29 is 38.9 Å². The number of hydrogen-bond donors (Lipinski definition) is 6. The minimum absolute atomic E-state index is 0. The second-order valence-corrected chi connectivity index (χ2v) is 36.7. The van der Waals surface area contributed by atoms with Gasteiger partial charge in [-0.3, -0.25) is 0 Å². The number of aromatic amines is 6. The molecule has 0 saturated carbocycles. The van der Waals surface area contributed by atoms with Gasteiger partial charge in [-0.15, -0.1) is 0 Å². The van der Waals surface area contributed by atoms with Crippen molar-refractivity contribution >= 4 is 215 Å². The first-order valence-electron chi connectivity index (χ1n) is 41.2. The first kappa shape index (κ1) is 83.0. The molecule has 24 bridgehead atoms. The van der Waals surface area contributed by atoms with Gasteiger partial charge < -0.3 is 43.6 Å². The molecule has 0 amide bonds. The van der Waals surface area contributed by atoms with E-state index in [1.165, 1.54) is 18.2 Å². The fourth-order valence-electron chi connectivity index (χ4n) is 17.8. The minimum atomic E-state index is -5.03. The van der Waals surface area contributed by atoms with Crippen molar-refractivity contribution in [2.75, 3.05) is 0 Å². The van der Waals surface area contributed by atoms with E-state index in [2.05, 4.69) is 29.9 Å². The zero-order chi connectivity index (χ0) is 91.3. The summed E-state index contributed by atoms with van der Waals surface area (Å²) in [6, 6.07) is 77.1. The van der Waals surface area contributed by atoms with Crippen LogP contribution in [-0.2, 0) is 30.4 Å². The molecule has 0 fully saturated rings. The van der Waals surface area contributed by atoms with E-state index in [1.807, 2.05) is 218 Å². The molecule has 12 aromatic carbocycles. The molecule has 0 aliphatic carbocycles. The molecule has 136 heavy (non-hydrogen) atoms. The molecule has 40 heteroatoms. The maximum atomic E-state index is 12.5. The van der Waals surface area contributed by atoms with Crippen LogP contribution in [-0.4, -0.2) is 176 Å². The van der Waals surface area contributed by atoms with Gasteiger partial charge in [0.25, 0.3) is 0 Å². The third-order valence-corrected chi connectivity index (χ3v) is 27.7. The summed E-state index contributed by atoms with van der Waals surface area (Å²) in [6.07, 6.45) is 0. The molecule has 648 valence electrons. The fraction of sp³-hybridized carbons (Fsp3) is 0. The zero-order valence-electron chi connectivity index (χ0n) is 68.9. The molecule has 0 spiro atoms. The van der Waals surface area contributed by atoms with Gasteiger partial charge >= 0.3 is 17.4 Å². The van der Waals surface area contributed by atoms with E-state index in [-0.39, 0.29) is 99.9 Å². The molecule has 0 atom stereocenters. The van der Waals surface area contributed by atoms with Gasteiger partial charge in [-0.05, 0) is 36.4 Å². The fourth-order valence-corrected chi connectivity index (χ4v) is 21.4. The number of nitrogens with one attached hydrogen (secondary N) is 6. The van der Waals surface area contributed by atoms with Crippen molar-refractivity contribution in [1.29, 1.82) is 0 Å². The average Bonchev–Trinajstić information content (AvgIpc) is 1.58. The Morgan fingerprint density at radius 3 is 0.463 bits per heavy atom. The molecule has 6 aliphatic heterocycles. The van der Waals surface area contributed by atoms with Gasteiger partial charge in [0.1, 0.15) is 98.1 Å². The van der Waals surface area contributed by atoms with Crippen molar-refractivity contribution in [2.24, 2.45) is 0 Å². The van der Waals surface area contributed by atoms with Gasteiger partial charge in [0.15, 0.2) is 69.9 Å². The van der Waals surface area contributed by atoms with E-state index < -0.39 is 45.0 Å². The largest absolute Gasteiger partial charge is 3.00 e. The van der Waals surface area contributed by atoms with Gasteiger partial charge in [-0.1, -0.05) is 253 Å². The number of benzene rings is 12. The molecule has 33 nitrogen and oxygen atoms in total. The van der Waals surface area contributed by atoms with E-state index in [1.54, 1.807) is 18.2 Å². The van der Waals surface area contributed by atoms with Crippen LogP contribution in [0.1, 0.15) is 0 Å². The Morgan fingerprint density at radius 1 is 0.176 bits per heavy atom. The maximum absolute atomic E-state index is 12.5. The number of nitrogens with zero attached hydrogens (tertiary/aromatic N) is 18. The zero-order valence-corrected chi connectivity index (χ0v) is 74.8. The van der Waals surface area contributed by atoms with Crippen LogP contribution in [0.2, 0.25) is 15.1 Å². The third-order valence-electron chi connectivity index (χ3n) is 23.6. The summed E-state index contributed by atoms with van der Waals surface area (Å²) in [5.74, 6) is 4.29. The molecule has 0 unspecified atom stereocenters. The monoisotopic (exact) mass is 1910 g/mol. The van der Waals surface area contributed by atoms with Crippen molar-refractivity contribution in [3.8, 4) is 137 Å². The van der Waals surface area contributed by atoms with Crippen molar-refractivity contribution in [3.05, 3.63) is 270 Å². The number of H-pyrrole nitrogens is 6. The van der Waals surface area contributed by atoms with Gasteiger partial charge in [-0.2, -0.15) is 0 Å². The topological polar surface area (TPSA) is 498 Å². The number of halogens is 3. The first-order valence-corrected chi connectivity index (χ1v) is 46.5. The summed E-state index contributed by atoms with van der Waals surface area (Å²) in [5, 5.41) is 5.39. The van der Waals surface area contributed by atoms with Crippen molar-refractivity contribution in [3.63, 3.8) is 0 Å². The average molecular weight is 1910 g/mol. The Morgan fingerprint density at radius 2 is 0.309 bits per heavy atom. The van der Waals surface area contributed by atoms with Crippen LogP contribution in [0, 0.1) is 0 Å². The second kappa shape index (κ2) is 31.2. The summed E-state index contributed by atoms with van der Waals surface area (Å²) >= 11 is 19.0. The van der Waals surface area contributed by atoms with E-state index in [9.17, 15) is 38.9 Å². The molecular formula is C96H48AlCl3N24O9S3. The van der Waals surface area contributed by atoms with Crippen LogP contribution in [0.25, 0.3) is 269 Å². The summed E-state index contributed by atoms with van der Waals surface area (Å²) < 4.78 is 113. The molecule has 27 rings (SSSR count). The number of aromatic nitrogens is 24. The summed E-state index contributed by atoms with van der Waals surface area (Å²) in [5.41, 5.74) is 12.8. The van der Waals surface area contributed by atoms with Crippen LogP contribution in [0.15, 0.2) is 269 Å². The Bertz CT molecular complexity index is 9050. The Balaban J connectivity index is 0.000000111. The Labute approximate surface area is 788 Å². The van der Waals surface area contributed by atoms with Gasteiger partial charge in [0.2, 0.25) is 0 Å². The predicted molar refractivity (Wildman–Crippen MR) is 513 cm³/mol. The smallest absolute Gasteiger partial charge is 0.744 e. The number of rotatable bonds is 3. The molecule has 6 N–H and O–H groups in total. The normalized spacial score (nSPS) is 12.3. The SMILES string of the molecule is O=S(=O)([O-])c1c(Cl)ccc2c3nc4nc(nc5[nH]c(nc6nc(nc([nH]3)c12)-c1ccccc1-6)c1ccccc51)-c1ccccc1-4.O=S(=O)([O-])c1c(Cl)ccc2c3nc4nc(nc5[nH]c(nc6nc(nc([nH]3)c12)-c1ccccc1-6)c1ccccc51)-c1ccccc1-4.O=S(=O)([O-])c1c(Cl)ccc2c3nc4nc(nc5[nH]c(nc6nc(nc([nH]3)c12)-c1ccccc1-6)c1ccccc51)-c1ccccc1-4.[Al+3]. The molecule has 0 radical (unpaired) electrons. The summed E-state index contributed by atoms with van der Waals surface area (Å²) in [6.45, 7) is 0. The van der Waals surface area contributed by atoms with Crippen LogP contribution >= 0.6 is 34.8 Å². The quantitative estimate of drug-likeness (QED) is 0.0706. The minimum Gasteiger partial charge on any atom is -0.744 e. The van der Waals surface area contributed by atoms with Crippen LogP contribution in [0.4, 0.5) is 0 Å². The van der Waals surface area contributed by atoms with Gasteiger partial charge in [-0.25, -0.2) is 115 Å². The van der Waals surface area contributed by atoms with Crippen molar-refractivity contribution in [2.45, 2.75) is 14.7 Å². The molecule has 6 aliphatic rings. The molecular weight excluding hydrogens is 1860 g/mol. The third kappa shape index (κ3) is 13.6.